The average Bonchev–Trinajstić information content (AvgIpc) is 2.51. The third-order valence-corrected chi connectivity index (χ3v) is 3.91. The van der Waals surface area contributed by atoms with Crippen LogP contribution in [0.25, 0.3) is 11.1 Å². The van der Waals surface area contributed by atoms with E-state index in [1.165, 1.54) is 25.3 Å². The molecule has 0 amide bonds. The van der Waals surface area contributed by atoms with Crippen LogP contribution in [0.4, 0.5) is 4.39 Å². The van der Waals surface area contributed by atoms with Gasteiger partial charge in [0.05, 0.1) is 22.6 Å². The van der Waals surface area contributed by atoms with Crippen LogP contribution in [0.2, 0.25) is 10.2 Å². The summed E-state index contributed by atoms with van der Waals surface area (Å²) in [5.74, 6) is -2.54. The fourth-order valence-electron chi connectivity index (χ4n) is 2.23. The number of carboxylic acids is 1. The Kier molecular flexibility index (Phi) is 5.67. The molecule has 4 nitrogen and oxygen atoms in total. The number of ether oxygens (including phenoxy) is 1. The summed E-state index contributed by atoms with van der Waals surface area (Å²) in [5, 5.41) is 9.40. The van der Waals surface area contributed by atoms with Crippen LogP contribution in [-0.2, 0) is 4.79 Å². The van der Waals surface area contributed by atoms with E-state index in [1.807, 2.05) is 0 Å². The molecule has 1 aromatic heterocycles. The Hall–Kier alpha value is -1.85. The number of halogens is 3. The van der Waals surface area contributed by atoms with Gasteiger partial charge in [-0.2, -0.15) is 0 Å². The van der Waals surface area contributed by atoms with Gasteiger partial charge in [-0.25, -0.2) is 9.37 Å². The largest absolute Gasteiger partial charge is 0.490 e. The molecular weight excluding hydrogens is 356 g/mol. The molecule has 1 heterocycles. The molecule has 0 spiro atoms. The number of hydrogen-bond donors (Lipinski definition) is 1. The van der Waals surface area contributed by atoms with Crippen LogP contribution in [0.1, 0.15) is 32.3 Å². The Morgan fingerprint density at radius 1 is 1.29 bits per heavy atom. The zero-order valence-electron chi connectivity index (χ0n) is 13.3. The zero-order chi connectivity index (χ0) is 18.0. The summed E-state index contributed by atoms with van der Waals surface area (Å²) in [4.78, 5) is 15.3. The standard InChI is InChI=1S/C17H16Cl2FNO3/c1-8(2)24-16-11(9(3)17(22)23)6-12(18)15(20)14(16)10-4-5-13(19)21-7-10/h4-9H,1-3H3,(H,22,23)/t9-/m0/s1. The molecule has 0 aliphatic carbocycles. The number of rotatable bonds is 5. The number of hydrogen-bond acceptors (Lipinski definition) is 3. The molecule has 2 aromatic rings. The molecule has 128 valence electrons. The first kappa shape index (κ1) is 18.5. The van der Waals surface area contributed by atoms with Crippen molar-refractivity contribution >= 4 is 29.2 Å². The van der Waals surface area contributed by atoms with Crippen molar-refractivity contribution < 1.29 is 19.0 Å². The summed E-state index contributed by atoms with van der Waals surface area (Å²) < 4.78 is 20.5. The lowest BCUT2D eigenvalue weighted by atomic mass is 9.94. The van der Waals surface area contributed by atoms with E-state index >= 15 is 0 Å². The second-order valence-electron chi connectivity index (χ2n) is 5.56. The number of carbonyl (C=O) groups is 1. The van der Waals surface area contributed by atoms with Gasteiger partial charge in [-0.05, 0) is 39.0 Å². The lowest BCUT2D eigenvalue weighted by molar-refractivity contribution is -0.138. The van der Waals surface area contributed by atoms with Crippen molar-refractivity contribution in [1.82, 2.24) is 4.98 Å². The van der Waals surface area contributed by atoms with E-state index in [0.29, 0.717) is 11.1 Å². The third-order valence-electron chi connectivity index (χ3n) is 3.41. The summed E-state index contributed by atoms with van der Waals surface area (Å²) in [6.45, 7) is 5.03. The van der Waals surface area contributed by atoms with Crippen LogP contribution in [0.3, 0.4) is 0 Å². The molecule has 0 fully saturated rings. The minimum absolute atomic E-state index is 0.0727. The van der Waals surface area contributed by atoms with Crippen molar-refractivity contribution in [2.24, 2.45) is 0 Å². The number of nitrogens with zero attached hydrogens (tertiary/aromatic N) is 1. The summed E-state index contributed by atoms with van der Waals surface area (Å²) in [5.41, 5.74) is 0.768. The Labute approximate surface area is 149 Å². The molecular formula is C17H16Cl2FNO3. The van der Waals surface area contributed by atoms with Crippen LogP contribution in [0.5, 0.6) is 5.75 Å². The van der Waals surface area contributed by atoms with E-state index in [0.717, 1.165) is 0 Å². The van der Waals surface area contributed by atoms with Gasteiger partial charge in [-0.1, -0.05) is 23.2 Å². The maximum atomic E-state index is 14.7. The minimum atomic E-state index is -1.06. The molecule has 0 bridgehead atoms. The van der Waals surface area contributed by atoms with Crippen molar-refractivity contribution in [1.29, 1.82) is 0 Å². The van der Waals surface area contributed by atoms with Gasteiger partial charge in [-0.3, -0.25) is 4.79 Å². The number of aliphatic carboxylic acids is 1. The fourth-order valence-corrected chi connectivity index (χ4v) is 2.55. The first-order valence-electron chi connectivity index (χ1n) is 7.25. The SMILES string of the molecule is CC(C)Oc1c([C@H](C)C(=O)O)cc(Cl)c(F)c1-c1ccc(Cl)nc1. The highest BCUT2D eigenvalue weighted by atomic mass is 35.5. The molecule has 0 saturated carbocycles. The maximum absolute atomic E-state index is 14.7. The molecule has 1 atom stereocenters. The molecule has 0 aliphatic heterocycles. The van der Waals surface area contributed by atoms with Crippen LogP contribution < -0.4 is 4.74 Å². The molecule has 0 radical (unpaired) electrons. The van der Waals surface area contributed by atoms with Crippen LogP contribution in [-0.4, -0.2) is 22.2 Å². The predicted octanol–water partition coefficient (Wildman–Crippen LogP) is 5.17. The van der Waals surface area contributed by atoms with Gasteiger partial charge in [0.25, 0.3) is 0 Å². The lowest BCUT2D eigenvalue weighted by Crippen LogP contribution is -2.14. The van der Waals surface area contributed by atoms with Gasteiger partial charge in [0.15, 0.2) is 5.82 Å². The molecule has 2 rings (SSSR count). The second-order valence-corrected chi connectivity index (χ2v) is 6.36. The van der Waals surface area contributed by atoms with E-state index < -0.39 is 17.7 Å². The van der Waals surface area contributed by atoms with Crippen molar-refractivity contribution in [2.75, 3.05) is 0 Å². The second kappa shape index (κ2) is 7.36. The van der Waals surface area contributed by atoms with E-state index in [9.17, 15) is 14.3 Å². The van der Waals surface area contributed by atoms with Crippen LogP contribution in [0.15, 0.2) is 24.4 Å². The van der Waals surface area contributed by atoms with Gasteiger partial charge in [0.2, 0.25) is 0 Å². The predicted molar refractivity (Wildman–Crippen MR) is 91.5 cm³/mol. The number of carboxylic acid groups (broad SMARTS) is 1. The molecule has 1 N–H and O–H groups in total. The molecule has 24 heavy (non-hydrogen) atoms. The topological polar surface area (TPSA) is 59.4 Å². The van der Waals surface area contributed by atoms with Crippen LogP contribution in [0, 0.1) is 5.82 Å². The minimum Gasteiger partial charge on any atom is -0.490 e. The van der Waals surface area contributed by atoms with Crippen molar-refractivity contribution in [2.45, 2.75) is 32.8 Å². The fraction of sp³-hybridized carbons (Fsp3) is 0.294. The quantitative estimate of drug-likeness (QED) is 0.736. The highest BCUT2D eigenvalue weighted by molar-refractivity contribution is 6.31. The van der Waals surface area contributed by atoms with E-state index in [1.54, 1.807) is 19.9 Å². The lowest BCUT2D eigenvalue weighted by Gasteiger charge is -2.21. The van der Waals surface area contributed by atoms with E-state index in [2.05, 4.69) is 4.98 Å². The molecule has 0 unspecified atom stereocenters. The summed E-state index contributed by atoms with van der Waals surface area (Å²) >= 11 is 11.8. The first-order chi connectivity index (χ1) is 11.2. The highest BCUT2D eigenvalue weighted by Gasteiger charge is 2.27. The summed E-state index contributed by atoms with van der Waals surface area (Å²) in [6, 6.07) is 4.38. The van der Waals surface area contributed by atoms with E-state index in [-0.39, 0.29) is 27.6 Å². The zero-order valence-corrected chi connectivity index (χ0v) is 14.8. The van der Waals surface area contributed by atoms with Gasteiger partial charge in [0.1, 0.15) is 10.9 Å². The molecule has 1 aromatic carbocycles. The Morgan fingerprint density at radius 3 is 2.46 bits per heavy atom. The molecule has 0 saturated heterocycles. The van der Waals surface area contributed by atoms with Crippen LogP contribution >= 0.6 is 23.2 Å². The summed E-state index contributed by atoms with van der Waals surface area (Å²) in [7, 11) is 0. The Balaban J connectivity index is 2.79. The Morgan fingerprint density at radius 2 is 1.96 bits per heavy atom. The van der Waals surface area contributed by atoms with Gasteiger partial charge in [0, 0.05) is 17.3 Å². The average molecular weight is 372 g/mol. The van der Waals surface area contributed by atoms with Gasteiger partial charge < -0.3 is 9.84 Å². The third kappa shape index (κ3) is 3.79. The Bertz CT molecular complexity index is 763. The summed E-state index contributed by atoms with van der Waals surface area (Å²) in [6.07, 6.45) is 1.10. The van der Waals surface area contributed by atoms with Gasteiger partial charge >= 0.3 is 5.97 Å². The normalized spacial score (nSPS) is 12.3. The highest BCUT2D eigenvalue weighted by Crippen LogP contribution is 2.42. The van der Waals surface area contributed by atoms with Crippen molar-refractivity contribution in [3.8, 4) is 16.9 Å². The number of pyridine rings is 1. The first-order valence-corrected chi connectivity index (χ1v) is 8.01. The monoisotopic (exact) mass is 371 g/mol. The van der Waals surface area contributed by atoms with Crippen molar-refractivity contribution in [3.63, 3.8) is 0 Å². The smallest absolute Gasteiger partial charge is 0.310 e. The number of aromatic nitrogens is 1. The maximum Gasteiger partial charge on any atom is 0.310 e. The number of benzene rings is 1. The van der Waals surface area contributed by atoms with Gasteiger partial charge in [-0.15, -0.1) is 0 Å². The van der Waals surface area contributed by atoms with E-state index in [4.69, 9.17) is 27.9 Å². The van der Waals surface area contributed by atoms with Crippen molar-refractivity contribution in [3.05, 3.63) is 46.0 Å². The molecule has 7 heteroatoms. The molecule has 0 aliphatic rings.